The van der Waals surface area contributed by atoms with Gasteiger partial charge in [-0.1, -0.05) is 0 Å². The molecular formula is C12H13ClN2O5S. The van der Waals surface area contributed by atoms with Gasteiger partial charge in [0.2, 0.25) is 15.0 Å². The van der Waals surface area contributed by atoms with Crippen LogP contribution in [0.2, 0.25) is 0 Å². The molecule has 1 amide bonds. The Kier molecular flexibility index (Phi) is 4.48. The Balaban J connectivity index is 2.27. The summed E-state index contributed by atoms with van der Waals surface area (Å²) < 4.78 is 26.9. The molecule has 114 valence electrons. The van der Waals surface area contributed by atoms with Crippen molar-refractivity contribution in [2.45, 2.75) is 6.42 Å². The molecule has 1 aromatic heterocycles. The van der Waals surface area contributed by atoms with E-state index in [1.807, 2.05) is 0 Å². The van der Waals surface area contributed by atoms with Gasteiger partial charge in [0.15, 0.2) is 0 Å². The van der Waals surface area contributed by atoms with E-state index in [1.165, 1.54) is 30.5 Å². The standard InChI is InChI=1S/C12H13ClN2O5S/c1-20-12(17)9-2-3-14-5-10(9)15-6-8(4-11(15)16)7-21(13,18)19/h2-3,5,8H,4,6-7H2,1H3. The second-order valence-corrected chi connectivity index (χ2v) is 7.49. The van der Waals surface area contributed by atoms with Crippen LogP contribution in [0.5, 0.6) is 0 Å². The molecule has 1 aromatic rings. The number of carbonyl (C=O) groups excluding carboxylic acids is 2. The Morgan fingerprint density at radius 3 is 2.90 bits per heavy atom. The van der Waals surface area contributed by atoms with E-state index in [0.29, 0.717) is 5.69 Å². The Labute approximate surface area is 126 Å². The van der Waals surface area contributed by atoms with Gasteiger partial charge >= 0.3 is 5.97 Å². The largest absolute Gasteiger partial charge is 0.465 e. The number of amides is 1. The molecule has 2 heterocycles. The number of ether oxygens (including phenoxy) is 1. The molecule has 0 aromatic carbocycles. The van der Waals surface area contributed by atoms with E-state index in [1.54, 1.807) is 0 Å². The van der Waals surface area contributed by atoms with Crippen LogP contribution < -0.4 is 4.90 Å². The first-order valence-corrected chi connectivity index (χ1v) is 8.54. The van der Waals surface area contributed by atoms with Crippen molar-refractivity contribution in [2.24, 2.45) is 5.92 Å². The summed E-state index contributed by atoms with van der Waals surface area (Å²) >= 11 is 0. The predicted octanol–water partition coefficient (Wildman–Crippen LogP) is 0.790. The van der Waals surface area contributed by atoms with Crippen LogP contribution in [-0.4, -0.2) is 44.7 Å². The van der Waals surface area contributed by atoms with E-state index in [-0.39, 0.29) is 30.2 Å². The third-order valence-electron chi connectivity index (χ3n) is 3.14. The van der Waals surface area contributed by atoms with Crippen molar-refractivity contribution in [3.8, 4) is 0 Å². The molecule has 2 rings (SSSR count). The molecule has 0 spiro atoms. The van der Waals surface area contributed by atoms with Crippen LogP contribution in [0, 0.1) is 5.92 Å². The van der Waals surface area contributed by atoms with Gasteiger partial charge in [-0.2, -0.15) is 0 Å². The second-order valence-electron chi connectivity index (χ2n) is 4.66. The number of esters is 1. The Hall–Kier alpha value is -1.67. The molecule has 1 atom stereocenters. The minimum absolute atomic E-state index is 0.0570. The Morgan fingerprint density at radius 2 is 2.29 bits per heavy atom. The fourth-order valence-electron chi connectivity index (χ4n) is 2.29. The summed E-state index contributed by atoms with van der Waals surface area (Å²) in [7, 11) is 2.77. The van der Waals surface area contributed by atoms with Gasteiger partial charge < -0.3 is 9.64 Å². The van der Waals surface area contributed by atoms with Gasteiger partial charge in [0.05, 0.1) is 30.3 Å². The number of rotatable bonds is 4. The number of aromatic nitrogens is 1. The van der Waals surface area contributed by atoms with Gasteiger partial charge in [0, 0.05) is 35.8 Å². The van der Waals surface area contributed by atoms with Gasteiger partial charge in [-0.25, -0.2) is 13.2 Å². The molecular weight excluding hydrogens is 320 g/mol. The normalized spacial score (nSPS) is 18.9. The smallest absolute Gasteiger partial charge is 0.340 e. The van der Waals surface area contributed by atoms with Crippen LogP contribution in [0.4, 0.5) is 5.69 Å². The summed E-state index contributed by atoms with van der Waals surface area (Å²) in [6.45, 7) is 0.167. The summed E-state index contributed by atoms with van der Waals surface area (Å²) in [6, 6.07) is 1.44. The molecule has 1 aliphatic heterocycles. The monoisotopic (exact) mass is 332 g/mol. The lowest BCUT2D eigenvalue weighted by molar-refractivity contribution is -0.117. The van der Waals surface area contributed by atoms with Crippen molar-refractivity contribution < 1.29 is 22.7 Å². The molecule has 9 heteroatoms. The number of halogens is 1. The average molecular weight is 333 g/mol. The number of carbonyl (C=O) groups is 2. The van der Waals surface area contributed by atoms with Crippen molar-refractivity contribution in [2.75, 3.05) is 24.3 Å². The number of methoxy groups -OCH3 is 1. The van der Waals surface area contributed by atoms with Crippen molar-refractivity contribution in [3.05, 3.63) is 24.0 Å². The first-order chi connectivity index (χ1) is 9.81. The number of hydrogen-bond acceptors (Lipinski definition) is 6. The van der Waals surface area contributed by atoms with Gasteiger partial charge in [0.25, 0.3) is 0 Å². The highest BCUT2D eigenvalue weighted by atomic mass is 35.7. The van der Waals surface area contributed by atoms with Crippen LogP contribution in [0.25, 0.3) is 0 Å². The molecule has 7 nitrogen and oxygen atoms in total. The molecule has 0 N–H and O–H groups in total. The summed E-state index contributed by atoms with van der Waals surface area (Å²) in [5, 5.41) is 0. The Bertz CT molecular complexity index is 676. The first kappa shape index (κ1) is 15.7. The lowest BCUT2D eigenvalue weighted by Crippen LogP contribution is -2.27. The lowest BCUT2D eigenvalue weighted by atomic mass is 10.1. The highest BCUT2D eigenvalue weighted by Gasteiger charge is 2.35. The van der Waals surface area contributed by atoms with Gasteiger partial charge in [-0.3, -0.25) is 9.78 Å². The molecule has 0 aliphatic carbocycles. The fraction of sp³-hybridized carbons (Fsp3) is 0.417. The van der Waals surface area contributed by atoms with E-state index >= 15 is 0 Å². The van der Waals surface area contributed by atoms with Gasteiger partial charge in [-0.05, 0) is 6.07 Å². The van der Waals surface area contributed by atoms with Crippen LogP contribution in [0.3, 0.4) is 0 Å². The SMILES string of the molecule is COC(=O)c1ccncc1N1CC(CS(=O)(=O)Cl)CC1=O. The maximum Gasteiger partial charge on any atom is 0.340 e. The third kappa shape index (κ3) is 3.70. The van der Waals surface area contributed by atoms with Crippen LogP contribution in [0.15, 0.2) is 18.5 Å². The van der Waals surface area contributed by atoms with E-state index < -0.39 is 20.9 Å². The minimum Gasteiger partial charge on any atom is -0.465 e. The number of anilines is 1. The molecule has 1 aliphatic rings. The highest BCUT2D eigenvalue weighted by molar-refractivity contribution is 8.13. The van der Waals surface area contributed by atoms with E-state index in [9.17, 15) is 18.0 Å². The van der Waals surface area contributed by atoms with E-state index in [4.69, 9.17) is 10.7 Å². The maximum absolute atomic E-state index is 12.0. The van der Waals surface area contributed by atoms with Gasteiger partial charge in [0.1, 0.15) is 0 Å². The molecule has 0 radical (unpaired) electrons. The van der Waals surface area contributed by atoms with Crippen LogP contribution >= 0.6 is 10.7 Å². The van der Waals surface area contributed by atoms with Crippen molar-refractivity contribution in [1.82, 2.24) is 4.98 Å². The zero-order valence-electron chi connectivity index (χ0n) is 11.2. The number of hydrogen-bond donors (Lipinski definition) is 0. The van der Waals surface area contributed by atoms with Gasteiger partial charge in [-0.15, -0.1) is 0 Å². The zero-order chi connectivity index (χ0) is 15.6. The fourth-order valence-corrected chi connectivity index (χ4v) is 3.61. The molecule has 1 saturated heterocycles. The summed E-state index contributed by atoms with van der Waals surface area (Å²) in [5.74, 6) is -1.57. The third-order valence-corrected chi connectivity index (χ3v) is 4.38. The lowest BCUT2D eigenvalue weighted by Gasteiger charge is -2.18. The Morgan fingerprint density at radius 1 is 1.57 bits per heavy atom. The molecule has 1 unspecified atom stereocenters. The summed E-state index contributed by atoms with van der Waals surface area (Å²) in [6.07, 6.45) is 2.85. The summed E-state index contributed by atoms with van der Waals surface area (Å²) in [5.41, 5.74) is 0.513. The quantitative estimate of drug-likeness (QED) is 0.597. The predicted molar refractivity (Wildman–Crippen MR) is 75.7 cm³/mol. The highest BCUT2D eigenvalue weighted by Crippen LogP contribution is 2.29. The van der Waals surface area contributed by atoms with Crippen molar-refractivity contribution in [3.63, 3.8) is 0 Å². The molecule has 1 fully saturated rings. The van der Waals surface area contributed by atoms with Crippen molar-refractivity contribution >= 4 is 37.3 Å². The number of pyridine rings is 1. The molecule has 0 bridgehead atoms. The maximum atomic E-state index is 12.0. The first-order valence-electron chi connectivity index (χ1n) is 6.07. The summed E-state index contributed by atoms with van der Waals surface area (Å²) in [4.78, 5) is 29.0. The van der Waals surface area contributed by atoms with Crippen molar-refractivity contribution in [1.29, 1.82) is 0 Å². The van der Waals surface area contributed by atoms with E-state index in [2.05, 4.69) is 9.72 Å². The topological polar surface area (TPSA) is 93.6 Å². The molecule has 21 heavy (non-hydrogen) atoms. The number of nitrogens with zero attached hydrogens (tertiary/aromatic N) is 2. The van der Waals surface area contributed by atoms with Crippen LogP contribution in [0.1, 0.15) is 16.8 Å². The minimum atomic E-state index is -3.68. The second kappa shape index (κ2) is 5.98. The average Bonchev–Trinajstić information content (AvgIpc) is 2.76. The zero-order valence-corrected chi connectivity index (χ0v) is 12.7. The van der Waals surface area contributed by atoms with Crippen LogP contribution in [-0.2, 0) is 18.6 Å². The van der Waals surface area contributed by atoms with E-state index in [0.717, 1.165) is 0 Å². The molecule has 0 saturated carbocycles.